The highest BCUT2D eigenvalue weighted by Gasteiger charge is 2.40. The molecule has 0 spiro atoms. The van der Waals surface area contributed by atoms with E-state index >= 15 is 0 Å². The molecule has 184 valence electrons. The Balaban J connectivity index is 1.48. The van der Waals surface area contributed by atoms with E-state index in [4.69, 9.17) is 39.5 Å². The Morgan fingerprint density at radius 3 is 2.41 bits per heavy atom. The second-order valence-electron chi connectivity index (χ2n) is 9.42. The molecule has 0 saturated carbocycles. The van der Waals surface area contributed by atoms with Crippen LogP contribution >= 0.6 is 34.8 Å². The molecule has 2 aromatic carbocycles. The molecule has 2 heterocycles. The van der Waals surface area contributed by atoms with E-state index in [1.54, 1.807) is 0 Å². The molecule has 2 aliphatic heterocycles. The zero-order valence-electron chi connectivity index (χ0n) is 19.3. The number of ether oxygens (including phenoxy) is 1. The Hall–Kier alpha value is -1.50. The lowest BCUT2D eigenvalue weighted by Gasteiger charge is -2.31. The lowest BCUT2D eigenvalue weighted by atomic mass is 9.85. The van der Waals surface area contributed by atoms with Gasteiger partial charge in [-0.1, -0.05) is 40.9 Å². The fraction of sp³-hybridized carbons (Fsp3) is 0.500. The van der Waals surface area contributed by atoms with Crippen molar-refractivity contribution in [3.63, 3.8) is 0 Å². The Kier molecular flexibility index (Phi) is 8.65. The van der Waals surface area contributed by atoms with Crippen LogP contribution in [0.4, 0.5) is 0 Å². The maximum Gasteiger partial charge on any atom is 0.236 e. The van der Waals surface area contributed by atoms with Gasteiger partial charge in [0.2, 0.25) is 5.91 Å². The largest absolute Gasteiger partial charge is 0.490 e. The number of hydrogen-bond acceptors (Lipinski definition) is 4. The van der Waals surface area contributed by atoms with Gasteiger partial charge in [0.1, 0.15) is 11.9 Å². The molecule has 0 unspecified atom stereocenters. The van der Waals surface area contributed by atoms with Gasteiger partial charge >= 0.3 is 0 Å². The minimum Gasteiger partial charge on any atom is -0.490 e. The molecule has 0 aliphatic carbocycles. The molecule has 4 rings (SSSR count). The van der Waals surface area contributed by atoms with Crippen molar-refractivity contribution in [3.8, 4) is 5.75 Å². The minimum absolute atomic E-state index is 0.0844. The highest BCUT2D eigenvalue weighted by molar-refractivity contribution is 6.42. The zero-order chi connectivity index (χ0) is 24.2. The van der Waals surface area contributed by atoms with Crippen molar-refractivity contribution in [1.29, 1.82) is 0 Å². The van der Waals surface area contributed by atoms with Gasteiger partial charge in [0.15, 0.2) is 0 Å². The second kappa shape index (κ2) is 11.5. The van der Waals surface area contributed by atoms with Gasteiger partial charge in [-0.2, -0.15) is 0 Å². The molecule has 34 heavy (non-hydrogen) atoms. The number of piperidine rings is 1. The van der Waals surface area contributed by atoms with Crippen LogP contribution in [-0.2, 0) is 4.79 Å². The normalized spacial score (nSPS) is 22.7. The van der Waals surface area contributed by atoms with E-state index in [9.17, 15) is 9.90 Å². The summed E-state index contributed by atoms with van der Waals surface area (Å²) in [5.41, 5.74) is 1.06. The molecular weight excluding hydrogens is 495 g/mol. The van der Waals surface area contributed by atoms with Crippen molar-refractivity contribution in [2.75, 3.05) is 39.3 Å². The molecule has 2 saturated heterocycles. The van der Waals surface area contributed by atoms with Crippen LogP contribution in [-0.4, -0.2) is 66.2 Å². The van der Waals surface area contributed by atoms with Crippen molar-refractivity contribution in [1.82, 2.24) is 9.80 Å². The highest BCUT2D eigenvalue weighted by atomic mass is 35.5. The number of nitrogens with zero attached hydrogens (tertiary/aromatic N) is 2. The molecular formula is C26H31Cl3N2O3. The Bertz CT molecular complexity index is 980. The Morgan fingerprint density at radius 1 is 1.06 bits per heavy atom. The number of halogens is 3. The topological polar surface area (TPSA) is 53.0 Å². The molecule has 2 aromatic rings. The van der Waals surface area contributed by atoms with Gasteiger partial charge in [-0.05, 0) is 80.7 Å². The number of carbonyl (C=O) groups excluding carboxylic acids is 1. The van der Waals surface area contributed by atoms with E-state index < -0.39 is 0 Å². The van der Waals surface area contributed by atoms with Crippen molar-refractivity contribution >= 4 is 40.7 Å². The predicted molar refractivity (Wildman–Crippen MR) is 137 cm³/mol. The standard InChI is InChI=1S/C26H31Cl3N2O3/c1-17(34-21-5-3-20(27)4-6-21)22-13-31(14-23(22)19-2-7-24(28)25(29)12-19)26(33)15-30-10-8-18(16-32)9-11-30/h2-7,12,17-18,22-23,32H,8-11,13-16H2,1H3/t17-,22+,23+/m1/s1. The van der Waals surface area contributed by atoms with Crippen LogP contribution in [0.5, 0.6) is 5.75 Å². The summed E-state index contributed by atoms with van der Waals surface area (Å²) in [6.07, 6.45) is 1.74. The van der Waals surface area contributed by atoms with E-state index in [2.05, 4.69) is 11.8 Å². The quantitative estimate of drug-likeness (QED) is 0.529. The molecule has 2 fully saturated rings. The van der Waals surface area contributed by atoms with Crippen molar-refractivity contribution in [2.24, 2.45) is 11.8 Å². The maximum atomic E-state index is 13.3. The number of rotatable bonds is 7. The average Bonchev–Trinajstić information content (AvgIpc) is 3.29. The smallest absolute Gasteiger partial charge is 0.236 e. The van der Waals surface area contributed by atoms with Crippen LogP contribution in [0.3, 0.4) is 0 Å². The number of aliphatic hydroxyl groups excluding tert-OH is 1. The van der Waals surface area contributed by atoms with Crippen LogP contribution in [0.15, 0.2) is 42.5 Å². The average molecular weight is 526 g/mol. The highest BCUT2D eigenvalue weighted by Crippen LogP contribution is 2.38. The fourth-order valence-electron chi connectivity index (χ4n) is 5.04. The summed E-state index contributed by atoms with van der Waals surface area (Å²) < 4.78 is 6.27. The van der Waals surface area contributed by atoms with Crippen LogP contribution in [0, 0.1) is 11.8 Å². The second-order valence-corrected chi connectivity index (χ2v) is 10.7. The first-order valence-corrected chi connectivity index (χ1v) is 13.0. The summed E-state index contributed by atoms with van der Waals surface area (Å²) in [5, 5.41) is 11.1. The molecule has 2 aliphatic rings. The third-order valence-corrected chi connectivity index (χ3v) is 8.14. The molecule has 3 atom stereocenters. The number of aliphatic hydroxyl groups is 1. The summed E-state index contributed by atoms with van der Waals surface area (Å²) in [5.74, 6) is 1.42. The number of hydrogen-bond donors (Lipinski definition) is 1. The van der Waals surface area contributed by atoms with E-state index in [0.717, 1.165) is 37.2 Å². The molecule has 5 nitrogen and oxygen atoms in total. The van der Waals surface area contributed by atoms with E-state index in [0.29, 0.717) is 40.6 Å². The number of amides is 1. The molecule has 1 amide bonds. The van der Waals surface area contributed by atoms with Crippen LogP contribution in [0.1, 0.15) is 31.2 Å². The lowest BCUT2D eigenvalue weighted by molar-refractivity contribution is -0.132. The van der Waals surface area contributed by atoms with Crippen LogP contribution in [0.2, 0.25) is 15.1 Å². The van der Waals surface area contributed by atoms with Crippen molar-refractivity contribution in [2.45, 2.75) is 31.8 Å². The van der Waals surface area contributed by atoms with Gasteiger partial charge in [-0.25, -0.2) is 0 Å². The van der Waals surface area contributed by atoms with Crippen molar-refractivity contribution < 1.29 is 14.6 Å². The van der Waals surface area contributed by atoms with Gasteiger partial charge < -0.3 is 14.7 Å². The van der Waals surface area contributed by atoms with E-state index in [1.807, 2.05) is 47.4 Å². The molecule has 0 aromatic heterocycles. The summed E-state index contributed by atoms with van der Waals surface area (Å²) in [6.45, 7) is 5.62. The number of benzene rings is 2. The zero-order valence-corrected chi connectivity index (χ0v) is 21.6. The summed E-state index contributed by atoms with van der Waals surface area (Å²) >= 11 is 18.5. The van der Waals surface area contributed by atoms with Gasteiger partial charge in [-0.3, -0.25) is 9.69 Å². The third kappa shape index (κ3) is 6.19. The van der Waals surface area contributed by atoms with Gasteiger partial charge in [0.25, 0.3) is 0 Å². The van der Waals surface area contributed by atoms with E-state index in [1.165, 1.54) is 0 Å². The SMILES string of the molecule is C[C@@H](Oc1ccc(Cl)cc1)[C@@H]1CN(C(=O)CN2CCC(CO)CC2)C[C@H]1c1ccc(Cl)c(Cl)c1. The number of likely N-dealkylation sites (tertiary alicyclic amines) is 2. The van der Waals surface area contributed by atoms with Gasteiger partial charge in [0.05, 0.1) is 16.6 Å². The third-order valence-electron chi connectivity index (χ3n) is 7.15. The first kappa shape index (κ1) is 25.6. The number of carbonyl (C=O) groups is 1. The minimum atomic E-state index is -0.126. The predicted octanol–water partition coefficient (Wildman–Crippen LogP) is 5.36. The van der Waals surface area contributed by atoms with Gasteiger partial charge in [-0.15, -0.1) is 0 Å². The van der Waals surface area contributed by atoms with Crippen LogP contribution in [0.25, 0.3) is 0 Å². The Morgan fingerprint density at radius 2 is 1.76 bits per heavy atom. The fourth-order valence-corrected chi connectivity index (χ4v) is 5.47. The molecule has 8 heteroatoms. The summed E-state index contributed by atoms with van der Waals surface area (Å²) in [6, 6.07) is 13.1. The molecule has 1 N–H and O–H groups in total. The first-order chi connectivity index (χ1) is 16.3. The summed E-state index contributed by atoms with van der Waals surface area (Å²) in [4.78, 5) is 17.4. The van der Waals surface area contributed by atoms with Gasteiger partial charge in [0, 0.05) is 36.6 Å². The van der Waals surface area contributed by atoms with Crippen molar-refractivity contribution in [3.05, 3.63) is 63.1 Å². The maximum absolute atomic E-state index is 13.3. The molecule has 0 radical (unpaired) electrons. The van der Waals surface area contributed by atoms with Crippen LogP contribution < -0.4 is 4.74 Å². The first-order valence-electron chi connectivity index (χ1n) is 11.8. The lowest BCUT2D eigenvalue weighted by Crippen LogP contribution is -2.43. The Labute approximate surface area is 216 Å². The molecule has 0 bridgehead atoms. The summed E-state index contributed by atoms with van der Waals surface area (Å²) in [7, 11) is 0. The van der Waals surface area contributed by atoms with E-state index in [-0.39, 0.29) is 30.5 Å². The monoisotopic (exact) mass is 524 g/mol.